The van der Waals surface area contributed by atoms with E-state index in [4.69, 9.17) is 11.6 Å². The fraction of sp³-hybridized carbons (Fsp3) is 0.125. The van der Waals surface area contributed by atoms with E-state index in [1.807, 2.05) is 0 Å². The molecule has 1 aromatic carbocycles. The van der Waals surface area contributed by atoms with Crippen LogP contribution in [0.5, 0.6) is 5.75 Å². The van der Waals surface area contributed by atoms with Crippen LogP contribution in [0.4, 0.5) is 13.2 Å². The first-order valence-corrected chi connectivity index (χ1v) is 3.98. The molecule has 76 valence electrons. The molecule has 14 heavy (non-hydrogen) atoms. The van der Waals surface area contributed by atoms with Gasteiger partial charge in [-0.1, -0.05) is 11.6 Å². The van der Waals surface area contributed by atoms with Crippen molar-refractivity contribution in [1.29, 1.82) is 0 Å². The maximum atomic E-state index is 12.9. The van der Waals surface area contributed by atoms with Gasteiger partial charge in [-0.15, -0.1) is 0 Å². The van der Waals surface area contributed by atoms with Crippen molar-refractivity contribution in [2.45, 2.75) is 0 Å². The zero-order valence-corrected chi connectivity index (χ0v) is 7.45. The van der Waals surface area contributed by atoms with Crippen molar-refractivity contribution < 1.29 is 22.7 Å². The van der Waals surface area contributed by atoms with Crippen molar-refractivity contribution in [3.05, 3.63) is 29.3 Å². The van der Waals surface area contributed by atoms with Gasteiger partial charge in [0.2, 0.25) is 5.82 Å². The first kappa shape index (κ1) is 10.8. The number of alkyl halides is 1. The lowest BCUT2D eigenvalue weighted by atomic mass is 10.2. The summed E-state index contributed by atoms with van der Waals surface area (Å²) in [4.78, 5) is 10.3. The number of halogens is 4. The van der Waals surface area contributed by atoms with Crippen LogP contribution in [0.3, 0.4) is 0 Å². The van der Waals surface area contributed by atoms with E-state index in [0.717, 1.165) is 6.07 Å². The zero-order chi connectivity index (χ0) is 10.7. The van der Waals surface area contributed by atoms with E-state index in [1.54, 1.807) is 0 Å². The van der Waals surface area contributed by atoms with Crippen LogP contribution >= 0.6 is 11.6 Å². The Balaban J connectivity index is 3.29. The van der Waals surface area contributed by atoms with E-state index in [-0.39, 0.29) is 0 Å². The molecule has 0 saturated carbocycles. The molecule has 6 heteroatoms. The predicted molar refractivity (Wildman–Crippen MR) is 43.1 cm³/mol. The van der Waals surface area contributed by atoms with Crippen LogP contribution in [-0.2, 0) is 0 Å². The minimum Gasteiger partial charge on any atom is -0.474 e. The molecule has 0 bridgehead atoms. The van der Waals surface area contributed by atoms with Crippen LogP contribution in [0.25, 0.3) is 0 Å². The normalized spacial score (nSPS) is 10.0. The Kier molecular flexibility index (Phi) is 3.35. The van der Waals surface area contributed by atoms with Gasteiger partial charge in [0, 0.05) is 0 Å². The summed E-state index contributed by atoms with van der Waals surface area (Å²) >= 11 is 5.09. The van der Waals surface area contributed by atoms with Gasteiger partial charge in [-0.25, -0.2) is 4.39 Å². The zero-order valence-electron chi connectivity index (χ0n) is 6.69. The summed E-state index contributed by atoms with van der Waals surface area (Å²) in [5.74, 6) is -3.49. The quantitative estimate of drug-likeness (QED) is 0.583. The molecule has 0 N–H and O–H groups in total. The molecule has 0 aliphatic rings. The van der Waals surface area contributed by atoms with E-state index in [9.17, 15) is 18.0 Å². The number of carbonyl (C=O) groups is 1. The largest absolute Gasteiger partial charge is 0.474 e. The summed E-state index contributed by atoms with van der Waals surface area (Å²) in [6.45, 7) is 0. The standard InChI is InChI=1S/C8H4ClF3O2/c9-3-14-7-4(8(12)13)1-2-5(10)6(7)11/h1-2H,3H2. The first-order valence-electron chi connectivity index (χ1n) is 3.44. The molecule has 2 nitrogen and oxygen atoms in total. The van der Waals surface area contributed by atoms with Crippen molar-refractivity contribution in [2.24, 2.45) is 0 Å². The van der Waals surface area contributed by atoms with E-state index in [1.165, 1.54) is 0 Å². The van der Waals surface area contributed by atoms with E-state index in [2.05, 4.69) is 4.74 Å². The van der Waals surface area contributed by atoms with E-state index in [0.29, 0.717) is 6.07 Å². The molecule has 0 radical (unpaired) electrons. The van der Waals surface area contributed by atoms with Crippen LogP contribution in [0.2, 0.25) is 0 Å². The Hall–Kier alpha value is -1.23. The molecule has 0 heterocycles. The van der Waals surface area contributed by atoms with Gasteiger partial charge in [-0.2, -0.15) is 8.78 Å². The van der Waals surface area contributed by atoms with Crippen LogP contribution in [0, 0.1) is 11.6 Å². The highest BCUT2D eigenvalue weighted by molar-refractivity contribution is 6.17. The van der Waals surface area contributed by atoms with Crippen LogP contribution in [0.1, 0.15) is 10.4 Å². The topological polar surface area (TPSA) is 26.3 Å². The second kappa shape index (κ2) is 4.32. The van der Waals surface area contributed by atoms with Gasteiger partial charge in [-0.05, 0) is 12.1 Å². The second-order valence-electron chi connectivity index (χ2n) is 2.27. The molecule has 0 aliphatic heterocycles. The lowest BCUT2D eigenvalue weighted by molar-refractivity contribution is 0.0831. The number of hydrogen-bond acceptors (Lipinski definition) is 2. The predicted octanol–water partition coefficient (Wildman–Crippen LogP) is 2.65. The van der Waals surface area contributed by atoms with Gasteiger partial charge < -0.3 is 4.74 Å². The molecule has 1 aromatic rings. The average Bonchev–Trinajstić information content (AvgIpc) is 2.13. The Morgan fingerprint density at radius 1 is 1.43 bits per heavy atom. The first-order chi connectivity index (χ1) is 6.57. The fourth-order valence-corrected chi connectivity index (χ4v) is 0.992. The number of carbonyl (C=O) groups excluding carboxylic acids is 1. The molecule has 1 rings (SSSR count). The smallest absolute Gasteiger partial charge is 0.335 e. The molecule has 0 aromatic heterocycles. The third kappa shape index (κ3) is 1.98. The summed E-state index contributed by atoms with van der Waals surface area (Å²) in [7, 11) is 0. The van der Waals surface area contributed by atoms with E-state index < -0.39 is 35.1 Å². The van der Waals surface area contributed by atoms with Crippen molar-refractivity contribution in [3.63, 3.8) is 0 Å². The highest BCUT2D eigenvalue weighted by atomic mass is 35.5. The molecule has 0 saturated heterocycles. The lowest BCUT2D eigenvalue weighted by Gasteiger charge is -2.06. The van der Waals surface area contributed by atoms with Crippen LogP contribution < -0.4 is 4.74 Å². The average molecular weight is 225 g/mol. The monoisotopic (exact) mass is 224 g/mol. The van der Waals surface area contributed by atoms with Gasteiger partial charge >= 0.3 is 6.04 Å². The molecule has 0 amide bonds. The molecule has 0 atom stereocenters. The van der Waals surface area contributed by atoms with Crippen LogP contribution in [0.15, 0.2) is 12.1 Å². The van der Waals surface area contributed by atoms with Gasteiger partial charge in [0.25, 0.3) is 0 Å². The van der Waals surface area contributed by atoms with Crippen molar-refractivity contribution in [2.75, 3.05) is 6.07 Å². The molecule has 0 spiro atoms. The minimum absolute atomic E-state index is 0.513. The number of benzene rings is 1. The third-order valence-electron chi connectivity index (χ3n) is 1.46. The molecule has 0 fully saturated rings. The fourth-order valence-electron chi connectivity index (χ4n) is 0.882. The number of ether oxygens (including phenoxy) is 1. The highest BCUT2D eigenvalue weighted by Crippen LogP contribution is 2.26. The molecular weight excluding hydrogens is 221 g/mol. The van der Waals surface area contributed by atoms with Crippen molar-refractivity contribution >= 4 is 17.6 Å². The Bertz CT molecular complexity index is 368. The van der Waals surface area contributed by atoms with Gasteiger partial charge in [-0.3, -0.25) is 4.79 Å². The minimum atomic E-state index is -1.91. The van der Waals surface area contributed by atoms with Gasteiger partial charge in [0.05, 0.1) is 5.56 Å². The summed E-state index contributed by atoms with van der Waals surface area (Å²) < 4.78 is 42.2. The van der Waals surface area contributed by atoms with Crippen LogP contribution in [-0.4, -0.2) is 12.1 Å². The molecular formula is C8H4ClF3O2. The SMILES string of the molecule is O=C(F)c1ccc(F)c(F)c1OCCl. The van der Waals surface area contributed by atoms with Gasteiger partial charge in [0.1, 0.15) is 0 Å². The summed E-state index contributed by atoms with van der Waals surface area (Å²) in [6.07, 6.45) is 0. The summed E-state index contributed by atoms with van der Waals surface area (Å²) in [6, 6.07) is -1.02. The number of rotatable bonds is 3. The molecule has 0 unspecified atom stereocenters. The summed E-state index contributed by atoms with van der Waals surface area (Å²) in [5.41, 5.74) is -0.690. The number of hydrogen-bond donors (Lipinski definition) is 0. The highest BCUT2D eigenvalue weighted by Gasteiger charge is 2.19. The molecule has 0 aliphatic carbocycles. The maximum Gasteiger partial charge on any atom is 0.335 e. The Morgan fingerprint density at radius 3 is 2.57 bits per heavy atom. The van der Waals surface area contributed by atoms with Gasteiger partial charge in [0.15, 0.2) is 17.6 Å². The lowest BCUT2D eigenvalue weighted by Crippen LogP contribution is -2.03. The van der Waals surface area contributed by atoms with Crippen molar-refractivity contribution in [3.8, 4) is 5.75 Å². The summed E-state index contributed by atoms with van der Waals surface area (Å²) in [5, 5.41) is 0. The Labute approximate surface area is 82.2 Å². The second-order valence-corrected chi connectivity index (χ2v) is 2.48. The van der Waals surface area contributed by atoms with Crippen molar-refractivity contribution in [1.82, 2.24) is 0 Å². The van der Waals surface area contributed by atoms with E-state index >= 15 is 0 Å². The third-order valence-corrected chi connectivity index (χ3v) is 1.57. The maximum absolute atomic E-state index is 12.9. The Morgan fingerprint density at radius 2 is 2.07 bits per heavy atom.